The molecule has 1 aliphatic rings. The molecule has 1 saturated heterocycles. The highest BCUT2D eigenvalue weighted by atomic mass is 16.5. The SMILES string of the molecule is CC1CCC(c2nc3c([nH]2)c(=O)[nH]c(=O)n3C)O1. The highest BCUT2D eigenvalue weighted by molar-refractivity contribution is 5.69. The maximum Gasteiger partial charge on any atom is 0.329 e. The highest BCUT2D eigenvalue weighted by Crippen LogP contribution is 2.31. The zero-order valence-corrected chi connectivity index (χ0v) is 10.2. The van der Waals surface area contributed by atoms with E-state index in [4.69, 9.17) is 4.74 Å². The lowest BCUT2D eigenvalue weighted by molar-refractivity contribution is 0.0509. The van der Waals surface area contributed by atoms with Crippen LogP contribution >= 0.6 is 0 Å². The molecule has 3 rings (SSSR count). The normalized spacial score (nSPS) is 23.9. The molecule has 2 atom stereocenters. The van der Waals surface area contributed by atoms with Gasteiger partial charge in [-0.3, -0.25) is 14.3 Å². The summed E-state index contributed by atoms with van der Waals surface area (Å²) in [5, 5.41) is 0. The molecule has 0 radical (unpaired) electrons. The fourth-order valence-electron chi connectivity index (χ4n) is 2.28. The Morgan fingerprint density at radius 1 is 1.33 bits per heavy atom. The molecule has 3 heterocycles. The van der Waals surface area contributed by atoms with E-state index in [1.54, 1.807) is 7.05 Å². The number of hydrogen-bond acceptors (Lipinski definition) is 4. The molecule has 2 N–H and O–H groups in total. The third-order valence-corrected chi connectivity index (χ3v) is 3.31. The minimum Gasteiger partial charge on any atom is -0.367 e. The molecule has 96 valence electrons. The van der Waals surface area contributed by atoms with Gasteiger partial charge in [-0.05, 0) is 19.8 Å². The fraction of sp³-hybridized carbons (Fsp3) is 0.545. The summed E-state index contributed by atoms with van der Waals surface area (Å²) in [5.41, 5.74) is -0.235. The third kappa shape index (κ3) is 1.59. The van der Waals surface area contributed by atoms with Gasteiger partial charge in [-0.15, -0.1) is 0 Å². The van der Waals surface area contributed by atoms with Gasteiger partial charge in [0.05, 0.1) is 6.10 Å². The van der Waals surface area contributed by atoms with Crippen LogP contribution in [0.5, 0.6) is 0 Å². The summed E-state index contributed by atoms with van der Waals surface area (Å²) in [4.78, 5) is 32.6. The Hall–Kier alpha value is -1.89. The maximum absolute atomic E-state index is 11.7. The van der Waals surface area contributed by atoms with Gasteiger partial charge in [0.2, 0.25) is 0 Å². The van der Waals surface area contributed by atoms with Gasteiger partial charge < -0.3 is 9.72 Å². The third-order valence-electron chi connectivity index (χ3n) is 3.31. The highest BCUT2D eigenvalue weighted by Gasteiger charge is 2.26. The lowest BCUT2D eigenvalue weighted by Crippen LogP contribution is -2.28. The Balaban J connectivity index is 2.17. The van der Waals surface area contributed by atoms with Crippen LogP contribution in [0.2, 0.25) is 0 Å². The molecular weight excluding hydrogens is 236 g/mol. The Kier molecular flexibility index (Phi) is 2.37. The lowest BCUT2D eigenvalue weighted by atomic mass is 10.2. The van der Waals surface area contributed by atoms with Crippen molar-refractivity contribution in [3.05, 3.63) is 26.7 Å². The van der Waals surface area contributed by atoms with Crippen molar-refractivity contribution in [1.29, 1.82) is 0 Å². The summed E-state index contributed by atoms with van der Waals surface area (Å²) < 4.78 is 7.01. The average Bonchev–Trinajstić information content (AvgIpc) is 2.92. The molecule has 0 aliphatic carbocycles. The van der Waals surface area contributed by atoms with Crippen molar-refractivity contribution in [3.63, 3.8) is 0 Å². The van der Waals surface area contributed by atoms with Gasteiger partial charge in [0.25, 0.3) is 5.56 Å². The largest absolute Gasteiger partial charge is 0.367 e. The maximum atomic E-state index is 11.7. The number of imidazole rings is 1. The van der Waals surface area contributed by atoms with Crippen molar-refractivity contribution in [2.24, 2.45) is 7.05 Å². The monoisotopic (exact) mass is 250 g/mol. The predicted octanol–water partition coefficient (Wildman–Crippen LogP) is 0.190. The van der Waals surface area contributed by atoms with E-state index in [2.05, 4.69) is 15.0 Å². The first-order valence-corrected chi connectivity index (χ1v) is 5.90. The number of nitrogens with one attached hydrogen (secondary N) is 2. The number of aryl methyl sites for hydroxylation is 1. The summed E-state index contributed by atoms with van der Waals surface area (Å²) in [6.07, 6.45) is 1.91. The molecule has 18 heavy (non-hydrogen) atoms. The van der Waals surface area contributed by atoms with Crippen LogP contribution in [0.3, 0.4) is 0 Å². The van der Waals surface area contributed by atoms with E-state index in [9.17, 15) is 9.59 Å². The van der Waals surface area contributed by atoms with Gasteiger partial charge in [-0.1, -0.05) is 0 Å². The second-order valence-electron chi connectivity index (χ2n) is 4.65. The molecule has 1 aliphatic heterocycles. The molecule has 2 aromatic heterocycles. The van der Waals surface area contributed by atoms with Crippen molar-refractivity contribution in [1.82, 2.24) is 19.5 Å². The predicted molar refractivity (Wildman–Crippen MR) is 64.5 cm³/mol. The van der Waals surface area contributed by atoms with E-state index >= 15 is 0 Å². The Morgan fingerprint density at radius 3 is 2.78 bits per heavy atom. The first-order valence-electron chi connectivity index (χ1n) is 5.90. The number of aromatic amines is 2. The Bertz CT molecular complexity index is 711. The number of rotatable bonds is 1. The zero-order chi connectivity index (χ0) is 12.9. The van der Waals surface area contributed by atoms with Crippen LogP contribution < -0.4 is 11.2 Å². The van der Waals surface area contributed by atoms with E-state index in [1.807, 2.05) is 6.92 Å². The molecular formula is C11H14N4O3. The molecule has 2 aromatic rings. The second kappa shape index (κ2) is 3.81. The van der Waals surface area contributed by atoms with Crippen LogP contribution in [-0.2, 0) is 11.8 Å². The van der Waals surface area contributed by atoms with Crippen molar-refractivity contribution in [2.45, 2.75) is 32.0 Å². The first kappa shape index (κ1) is 11.2. The Labute approximate surface area is 102 Å². The molecule has 0 bridgehead atoms. The molecule has 1 fully saturated rings. The van der Waals surface area contributed by atoms with Gasteiger partial charge >= 0.3 is 5.69 Å². The number of hydrogen-bond donors (Lipinski definition) is 2. The van der Waals surface area contributed by atoms with Crippen molar-refractivity contribution in [3.8, 4) is 0 Å². The topological polar surface area (TPSA) is 92.8 Å². The molecule has 0 aromatic carbocycles. The van der Waals surface area contributed by atoms with Crippen LogP contribution in [0, 0.1) is 0 Å². The minimum atomic E-state index is -0.466. The zero-order valence-electron chi connectivity index (χ0n) is 10.2. The molecule has 0 amide bonds. The van der Waals surface area contributed by atoms with Crippen LogP contribution in [0.1, 0.15) is 31.7 Å². The van der Waals surface area contributed by atoms with E-state index in [1.165, 1.54) is 4.57 Å². The molecule has 0 spiro atoms. The van der Waals surface area contributed by atoms with E-state index in [0.29, 0.717) is 17.0 Å². The lowest BCUT2D eigenvalue weighted by Gasteiger charge is -2.06. The van der Waals surface area contributed by atoms with Gasteiger partial charge in [0, 0.05) is 7.05 Å². The standard InChI is InChI=1S/C11H14N4O3/c1-5-3-4-6(18-5)8-12-7-9(13-8)15(2)11(17)14-10(7)16/h5-6H,3-4H2,1-2H3,(H,12,13)(H,14,16,17). The summed E-state index contributed by atoms with van der Waals surface area (Å²) in [5.74, 6) is 0.612. The second-order valence-corrected chi connectivity index (χ2v) is 4.65. The van der Waals surface area contributed by atoms with Gasteiger partial charge in [-0.25, -0.2) is 9.78 Å². The first-order chi connectivity index (χ1) is 8.56. The van der Waals surface area contributed by atoms with Crippen LogP contribution in [0.15, 0.2) is 9.59 Å². The smallest absolute Gasteiger partial charge is 0.329 e. The van der Waals surface area contributed by atoms with Crippen molar-refractivity contribution >= 4 is 11.2 Å². The van der Waals surface area contributed by atoms with Crippen LogP contribution in [0.4, 0.5) is 0 Å². The summed E-state index contributed by atoms with van der Waals surface area (Å²) >= 11 is 0. The van der Waals surface area contributed by atoms with E-state index in [-0.39, 0.29) is 12.2 Å². The van der Waals surface area contributed by atoms with E-state index in [0.717, 1.165) is 12.8 Å². The van der Waals surface area contributed by atoms with Crippen LogP contribution in [0.25, 0.3) is 11.2 Å². The van der Waals surface area contributed by atoms with Crippen molar-refractivity contribution in [2.75, 3.05) is 0 Å². The summed E-state index contributed by atoms with van der Waals surface area (Å²) in [7, 11) is 1.57. The Morgan fingerprint density at radius 2 is 2.11 bits per heavy atom. The fourth-order valence-corrected chi connectivity index (χ4v) is 2.28. The summed E-state index contributed by atoms with van der Waals surface area (Å²) in [6.45, 7) is 2.01. The minimum absolute atomic E-state index is 0.123. The van der Waals surface area contributed by atoms with Gasteiger partial charge in [0.1, 0.15) is 17.4 Å². The summed E-state index contributed by atoms with van der Waals surface area (Å²) in [6, 6.07) is 0. The number of fused-ring (bicyclic) bond motifs is 1. The number of nitrogens with zero attached hydrogens (tertiary/aromatic N) is 2. The molecule has 7 nitrogen and oxygen atoms in total. The quantitative estimate of drug-likeness (QED) is 0.755. The van der Waals surface area contributed by atoms with E-state index < -0.39 is 11.2 Å². The number of H-pyrrole nitrogens is 2. The van der Waals surface area contributed by atoms with Crippen LogP contribution in [-0.4, -0.2) is 25.6 Å². The number of aromatic nitrogens is 4. The molecule has 0 saturated carbocycles. The molecule has 7 heteroatoms. The van der Waals surface area contributed by atoms with Gasteiger partial charge in [-0.2, -0.15) is 0 Å². The molecule has 2 unspecified atom stereocenters. The van der Waals surface area contributed by atoms with Crippen molar-refractivity contribution < 1.29 is 4.74 Å². The van der Waals surface area contributed by atoms with Gasteiger partial charge in [0.15, 0.2) is 5.65 Å². The number of ether oxygens (including phenoxy) is 1. The average molecular weight is 250 g/mol.